The first-order valence-electron chi connectivity index (χ1n) is 7.63. The highest BCUT2D eigenvalue weighted by Gasteiger charge is 2.18. The average molecular weight is 406 g/mol. The van der Waals surface area contributed by atoms with E-state index in [1.807, 2.05) is 30.3 Å². The summed E-state index contributed by atoms with van der Waals surface area (Å²) < 4.78 is 1.49. The maximum absolute atomic E-state index is 6.47. The van der Waals surface area contributed by atoms with E-state index in [1.165, 1.54) is 9.48 Å². The van der Waals surface area contributed by atoms with Crippen molar-refractivity contribution < 1.29 is 0 Å². The Hall–Kier alpha value is -2.41. The molecule has 9 heteroatoms. The fourth-order valence-electron chi connectivity index (χ4n) is 2.46. The van der Waals surface area contributed by atoms with Gasteiger partial charge in [0.2, 0.25) is 5.82 Å². The molecule has 2 aromatic heterocycles. The Kier molecular flexibility index (Phi) is 4.63. The van der Waals surface area contributed by atoms with Crippen LogP contribution in [0.1, 0.15) is 5.56 Å². The van der Waals surface area contributed by atoms with Crippen molar-refractivity contribution in [2.45, 2.75) is 6.54 Å². The predicted molar refractivity (Wildman–Crippen MR) is 101 cm³/mol. The Bertz CT molecular complexity index is 1060. The van der Waals surface area contributed by atoms with Crippen LogP contribution in [0.5, 0.6) is 0 Å². The molecular formula is C17H11Cl3N6. The highest BCUT2D eigenvalue weighted by Crippen LogP contribution is 2.31. The standard InChI is InChI=1S/C17H11Cl3N6/c18-12-6-7-14(19)15(8-12)26-16(20)13(9-21-26)17-22-24-25(23-17)10-11-4-2-1-3-5-11/h1-9H,10H2. The van der Waals surface area contributed by atoms with Crippen LogP contribution in [0.15, 0.2) is 54.7 Å². The second-order valence-corrected chi connectivity index (χ2v) is 6.69. The topological polar surface area (TPSA) is 61.4 Å². The van der Waals surface area contributed by atoms with Gasteiger partial charge < -0.3 is 0 Å². The van der Waals surface area contributed by atoms with Gasteiger partial charge in [0.25, 0.3) is 0 Å². The molecule has 4 rings (SSSR count). The van der Waals surface area contributed by atoms with Crippen molar-refractivity contribution in [2.75, 3.05) is 0 Å². The molecule has 0 atom stereocenters. The molecule has 0 unspecified atom stereocenters. The molecule has 0 spiro atoms. The van der Waals surface area contributed by atoms with Gasteiger partial charge in [0.1, 0.15) is 5.15 Å². The number of tetrazole rings is 1. The van der Waals surface area contributed by atoms with Gasteiger partial charge in [-0.25, -0.2) is 4.68 Å². The van der Waals surface area contributed by atoms with Gasteiger partial charge in [-0.1, -0.05) is 65.1 Å². The Morgan fingerprint density at radius 1 is 0.962 bits per heavy atom. The summed E-state index contributed by atoms with van der Waals surface area (Å²) in [5.41, 5.74) is 2.21. The zero-order chi connectivity index (χ0) is 18.1. The molecule has 0 fully saturated rings. The maximum atomic E-state index is 6.47. The summed E-state index contributed by atoms with van der Waals surface area (Å²) in [6, 6.07) is 14.9. The number of halogens is 3. The summed E-state index contributed by atoms with van der Waals surface area (Å²) in [6.45, 7) is 0.514. The third-order valence-electron chi connectivity index (χ3n) is 3.71. The highest BCUT2D eigenvalue weighted by molar-refractivity contribution is 6.35. The number of hydrogen-bond donors (Lipinski definition) is 0. The zero-order valence-corrected chi connectivity index (χ0v) is 15.5. The molecule has 0 bridgehead atoms. The van der Waals surface area contributed by atoms with Crippen LogP contribution in [0, 0.1) is 0 Å². The normalized spacial score (nSPS) is 11.0. The van der Waals surface area contributed by atoms with Crippen LogP contribution >= 0.6 is 34.8 Å². The second kappa shape index (κ2) is 7.07. The van der Waals surface area contributed by atoms with Crippen LogP contribution in [0.4, 0.5) is 0 Å². The van der Waals surface area contributed by atoms with Crippen molar-refractivity contribution in [3.05, 3.63) is 75.5 Å². The maximum Gasteiger partial charge on any atom is 0.209 e. The van der Waals surface area contributed by atoms with Gasteiger partial charge in [-0.2, -0.15) is 9.90 Å². The van der Waals surface area contributed by atoms with Gasteiger partial charge in [0.05, 0.1) is 29.0 Å². The lowest BCUT2D eigenvalue weighted by molar-refractivity contribution is 0.573. The molecule has 130 valence electrons. The van der Waals surface area contributed by atoms with Crippen LogP contribution < -0.4 is 0 Å². The van der Waals surface area contributed by atoms with Crippen LogP contribution in [-0.2, 0) is 6.54 Å². The molecule has 6 nitrogen and oxygen atoms in total. The molecule has 2 aromatic carbocycles. The number of nitrogens with zero attached hydrogens (tertiary/aromatic N) is 6. The molecule has 0 N–H and O–H groups in total. The quantitative estimate of drug-likeness (QED) is 0.500. The lowest BCUT2D eigenvalue weighted by atomic mass is 10.2. The van der Waals surface area contributed by atoms with Gasteiger partial charge in [0.15, 0.2) is 0 Å². The zero-order valence-electron chi connectivity index (χ0n) is 13.2. The van der Waals surface area contributed by atoms with E-state index in [0.717, 1.165) is 5.56 Å². The van der Waals surface area contributed by atoms with Crippen LogP contribution in [-0.4, -0.2) is 30.0 Å². The van der Waals surface area contributed by atoms with Gasteiger partial charge >= 0.3 is 0 Å². The number of benzene rings is 2. The summed E-state index contributed by atoms with van der Waals surface area (Å²) in [5.74, 6) is 0.385. The summed E-state index contributed by atoms with van der Waals surface area (Å²) in [4.78, 5) is 1.50. The van der Waals surface area contributed by atoms with E-state index in [4.69, 9.17) is 34.8 Å². The van der Waals surface area contributed by atoms with Crippen molar-refractivity contribution in [3.63, 3.8) is 0 Å². The van der Waals surface area contributed by atoms with Crippen LogP contribution in [0.25, 0.3) is 17.1 Å². The van der Waals surface area contributed by atoms with Crippen molar-refractivity contribution in [1.82, 2.24) is 30.0 Å². The summed E-state index contributed by atoms with van der Waals surface area (Å²) in [7, 11) is 0. The fourth-order valence-corrected chi connectivity index (χ4v) is 3.10. The van der Waals surface area contributed by atoms with E-state index in [-0.39, 0.29) is 0 Å². The van der Waals surface area contributed by atoms with Gasteiger partial charge in [0, 0.05) is 5.02 Å². The minimum absolute atomic E-state index is 0.327. The Morgan fingerprint density at radius 3 is 2.58 bits per heavy atom. The largest absolute Gasteiger partial charge is 0.220 e. The van der Waals surface area contributed by atoms with E-state index in [2.05, 4.69) is 20.5 Å². The molecular weight excluding hydrogens is 395 g/mol. The molecule has 4 aromatic rings. The molecule has 2 heterocycles. The minimum Gasteiger partial charge on any atom is -0.220 e. The third-order valence-corrected chi connectivity index (χ3v) is 4.63. The van der Waals surface area contributed by atoms with E-state index in [9.17, 15) is 0 Å². The van der Waals surface area contributed by atoms with E-state index in [1.54, 1.807) is 24.4 Å². The lowest BCUT2D eigenvalue weighted by Gasteiger charge is -2.06. The highest BCUT2D eigenvalue weighted by atomic mass is 35.5. The number of hydrogen-bond acceptors (Lipinski definition) is 4. The van der Waals surface area contributed by atoms with E-state index < -0.39 is 0 Å². The monoisotopic (exact) mass is 404 g/mol. The van der Waals surface area contributed by atoms with Gasteiger partial charge in [-0.3, -0.25) is 0 Å². The van der Waals surface area contributed by atoms with Crippen molar-refractivity contribution in [1.29, 1.82) is 0 Å². The van der Waals surface area contributed by atoms with Crippen molar-refractivity contribution in [2.24, 2.45) is 0 Å². The molecule has 0 aliphatic heterocycles. The molecule has 0 aliphatic rings. The molecule has 0 saturated carbocycles. The molecule has 0 radical (unpaired) electrons. The molecule has 0 saturated heterocycles. The smallest absolute Gasteiger partial charge is 0.209 e. The Balaban J connectivity index is 1.66. The first-order valence-corrected chi connectivity index (χ1v) is 8.76. The lowest BCUT2D eigenvalue weighted by Crippen LogP contribution is -2.03. The van der Waals surface area contributed by atoms with Crippen LogP contribution in [0.2, 0.25) is 15.2 Å². The first kappa shape index (κ1) is 17.0. The molecule has 0 amide bonds. The predicted octanol–water partition coefficient (Wildman–Crippen LogP) is 4.53. The van der Waals surface area contributed by atoms with E-state index >= 15 is 0 Å². The van der Waals surface area contributed by atoms with E-state index in [0.29, 0.717) is 38.8 Å². The Labute approximate surface area is 163 Å². The van der Waals surface area contributed by atoms with Gasteiger partial charge in [-0.15, -0.1) is 10.2 Å². The average Bonchev–Trinajstić information content (AvgIpc) is 3.24. The minimum atomic E-state index is 0.327. The van der Waals surface area contributed by atoms with Crippen molar-refractivity contribution in [3.8, 4) is 17.1 Å². The first-order chi connectivity index (χ1) is 12.6. The molecule has 26 heavy (non-hydrogen) atoms. The number of aromatic nitrogens is 6. The summed E-state index contributed by atoms with van der Waals surface area (Å²) in [6.07, 6.45) is 1.57. The summed E-state index contributed by atoms with van der Waals surface area (Å²) in [5, 5.41) is 18.2. The second-order valence-electron chi connectivity index (χ2n) is 5.49. The van der Waals surface area contributed by atoms with Gasteiger partial charge in [-0.05, 0) is 29.0 Å². The Morgan fingerprint density at radius 2 is 1.77 bits per heavy atom. The number of rotatable bonds is 4. The summed E-state index contributed by atoms with van der Waals surface area (Å²) >= 11 is 18.7. The fraction of sp³-hybridized carbons (Fsp3) is 0.0588. The van der Waals surface area contributed by atoms with Crippen molar-refractivity contribution >= 4 is 34.8 Å². The molecule has 0 aliphatic carbocycles. The van der Waals surface area contributed by atoms with Crippen LogP contribution in [0.3, 0.4) is 0 Å². The third kappa shape index (κ3) is 3.31. The SMILES string of the molecule is Clc1ccc(Cl)c(-n2ncc(-c3nnn(Cc4ccccc4)n3)c2Cl)c1.